The van der Waals surface area contributed by atoms with Gasteiger partial charge in [0.25, 0.3) is 0 Å². The average Bonchev–Trinajstić information content (AvgIpc) is 2.30. The van der Waals surface area contributed by atoms with Gasteiger partial charge in [-0.05, 0) is 43.0 Å². The Kier molecular flexibility index (Phi) is 3.49. The van der Waals surface area contributed by atoms with Gasteiger partial charge >= 0.3 is 0 Å². The number of benzene rings is 1. The molecule has 1 aliphatic rings. The summed E-state index contributed by atoms with van der Waals surface area (Å²) < 4.78 is 0. The third-order valence-electron chi connectivity index (χ3n) is 3.45. The summed E-state index contributed by atoms with van der Waals surface area (Å²) in [5.74, 6) is 0.827. The zero-order chi connectivity index (χ0) is 11.5. The fourth-order valence-electron chi connectivity index (χ4n) is 2.30. The maximum Gasteiger partial charge on any atom is 0.0364 e. The van der Waals surface area contributed by atoms with Crippen molar-refractivity contribution in [3.8, 4) is 0 Å². The Bertz CT molecular complexity index is 338. The first-order valence-electron chi connectivity index (χ1n) is 6.17. The SMILES string of the molecule is CC1CCC(c2cccc(N(C)C)c2)NC1. The first-order valence-corrected chi connectivity index (χ1v) is 6.17. The lowest BCUT2D eigenvalue weighted by Crippen LogP contribution is -2.31. The fourth-order valence-corrected chi connectivity index (χ4v) is 2.30. The maximum absolute atomic E-state index is 3.63. The predicted octanol–water partition coefficient (Wildman–Crippen LogP) is 2.81. The maximum atomic E-state index is 3.63. The third-order valence-corrected chi connectivity index (χ3v) is 3.45. The van der Waals surface area contributed by atoms with Crippen LogP contribution in [0.2, 0.25) is 0 Å². The molecule has 1 N–H and O–H groups in total. The van der Waals surface area contributed by atoms with Gasteiger partial charge in [-0.1, -0.05) is 19.1 Å². The highest BCUT2D eigenvalue weighted by molar-refractivity contribution is 5.47. The molecule has 16 heavy (non-hydrogen) atoms. The van der Waals surface area contributed by atoms with Gasteiger partial charge in [0.15, 0.2) is 0 Å². The number of anilines is 1. The summed E-state index contributed by atoms with van der Waals surface area (Å²) in [6.45, 7) is 3.47. The summed E-state index contributed by atoms with van der Waals surface area (Å²) in [5, 5.41) is 3.63. The molecule has 88 valence electrons. The zero-order valence-corrected chi connectivity index (χ0v) is 10.5. The van der Waals surface area contributed by atoms with Crippen molar-refractivity contribution in [2.75, 3.05) is 25.5 Å². The molecule has 2 heteroatoms. The molecule has 1 fully saturated rings. The van der Waals surface area contributed by atoms with Crippen LogP contribution in [0.4, 0.5) is 5.69 Å². The molecule has 0 amide bonds. The van der Waals surface area contributed by atoms with Crippen LogP contribution in [-0.2, 0) is 0 Å². The Labute approximate surface area is 98.7 Å². The van der Waals surface area contributed by atoms with Gasteiger partial charge in [0.05, 0.1) is 0 Å². The summed E-state index contributed by atoms with van der Waals surface area (Å²) >= 11 is 0. The number of nitrogens with zero attached hydrogens (tertiary/aromatic N) is 1. The van der Waals surface area contributed by atoms with Crippen molar-refractivity contribution in [3.05, 3.63) is 29.8 Å². The molecule has 2 nitrogen and oxygen atoms in total. The van der Waals surface area contributed by atoms with E-state index < -0.39 is 0 Å². The van der Waals surface area contributed by atoms with Crippen LogP contribution in [0, 0.1) is 5.92 Å². The highest BCUT2D eigenvalue weighted by Gasteiger charge is 2.18. The third kappa shape index (κ3) is 2.56. The number of hydrogen-bond acceptors (Lipinski definition) is 2. The Morgan fingerprint density at radius 2 is 2.06 bits per heavy atom. The molecule has 0 bridgehead atoms. The van der Waals surface area contributed by atoms with Gasteiger partial charge in [0.1, 0.15) is 0 Å². The standard InChI is InChI=1S/C14H22N2/c1-11-7-8-14(15-10-11)12-5-4-6-13(9-12)16(2)3/h4-6,9,11,14-15H,7-8,10H2,1-3H3. The second-order valence-corrected chi connectivity index (χ2v) is 5.13. The monoisotopic (exact) mass is 218 g/mol. The minimum Gasteiger partial charge on any atom is -0.378 e. The van der Waals surface area contributed by atoms with E-state index in [1.807, 2.05) is 0 Å². The second-order valence-electron chi connectivity index (χ2n) is 5.13. The predicted molar refractivity (Wildman–Crippen MR) is 69.9 cm³/mol. The molecule has 1 aliphatic heterocycles. The minimum atomic E-state index is 0.552. The summed E-state index contributed by atoms with van der Waals surface area (Å²) in [4.78, 5) is 2.16. The quantitative estimate of drug-likeness (QED) is 0.821. The van der Waals surface area contributed by atoms with Gasteiger partial charge in [0, 0.05) is 25.8 Å². The van der Waals surface area contributed by atoms with Crippen LogP contribution in [0.25, 0.3) is 0 Å². The summed E-state index contributed by atoms with van der Waals surface area (Å²) in [6.07, 6.45) is 2.60. The lowest BCUT2D eigenvalue weighted by atomic mass is 9.92. The Morgan fingerprint density at radius 1 is 1.25 bits per heavy atom. The first kappa shape index (κ1) is 11.5. The highest BCUT2D eigenvalue weighted by atomic mass is 15.1. The van der Waals surface area contributed by atoms with Gasteiger partial charge in [-0.15, -0.1) is 0 Å². The van der Waals surface area contributed by atoms with Crippen LogP contribution >= 0.6 is 0 Å². The molecule has 2 unspecified atom stereocenters. The van der Waals surface area contributed by atoms with E-state index in [2.05, 4.69) is 55.5 Å². The molecule has 0 saturated carbocycles. The molecule has 1 aromatic rings. The zero-order valence-electron chi connectivity index (χ0n) is 10.5. The van der Waals surface area contributed by atoms with Gasteiger partial charge in [-0.25, -0.2) is 0 Å². The van der Waals surface area contributed by atoms with Gasteiger partial charge in [0.2, 0.25) is 0 Å². The number of nitrogens with one attached hydrogen (secondary N) is 1. The normalized spacial score (nSPS) is 25.4. The van der Waals surface area contributed by atoms with E-state index in [9.17, 15) is 0 Å². The molecular weight excluding hydrogens is 196 g/mol. The Morgan fingerprint density at radius 3 is 2.69 bits per heavy atom. The average molecular weight is 218 g/mol. The van der Waals surface area contributed by atoms with Crippen molar-refractivity contribution < 1.29 is 0 Å². The van der Waals surface area contributed by atoms with Gasteiger partial charge in [-0.3, -0.25) is 0 Å². The molecule has 0 aromatic heterocycles. The molecule has 1 saturated heterocycles. The number of rotatable bonds is 2. The largest absolute Gasteiger partial charge is 0.378 e. The first-order chi connectivity index (χ1) is 7.66. The highest BCUT2D eigenvalue weighted by Crippen LogP contribution is 2.27. The number of hydrogen-bond donors (Lipinski definition) is 1. The van der Waals surface area contributed by atoms with Crippen molar-refractivity contribution in [1.82, 2.24) is 5.32 Å². The molecule has 1 aromatic carbocycles. The summed E-state index contributed by atoms with van der Waals surface area (Å²) in [7, 11) is 4.19. The van der Waals surface area contributed by atoms with E-state index >= 15 is 0 Å². The molecular formula is C14H22N2. The van der Waals surface area contributed by atoms with Crippen molar-refractivity contribution >= 4 is 5.69 Å². The molecule has 1 heterocycles. The molecule has 2 rings (SSSR count). The molecule has 0 spiro atoms. The van der Waals surface area contributed by atoms with E-state index in [-0.39, 0.29) is 0 Å². The van der Waals surface area contributed by atoms with Crippen molar-refractivity contribution in [1.29, 1.82) is 0 Å². The smallest absolute Gasteiger partial charge is 0.0364 e. The van der Waals surface area contributed by atoms with E-state index in [0.29, 0.717) is 6.04 Å². The van der Waals surface area contributed by atoms with Crippen LogP contribution in [-0.4, -0.2) is 20.6 Å². The molecule has 0 aliphatic carbocycles. The van der Waals surface area contributed by atoms with E-state index in [4.69, 9.17) is 0 Å². The number of piperidine rings is 1. The van der Waals surface area contributed by atoms with E-state index in [1.54, 1.807) is 0 Å². The lowest BCUT2D eigenvalue weighted by Gasteiger charge is -2.28. The fraction of sp³-hybridized carbons (Fsp3) is 0.571. The minimum absolute atomic E-state index is 0.552. The van der Waals surface area contributed by atoms with Crippen molar-refractivity contribution in [2.45, 2.75) is 25.8 Å². The van der Waals surface area contributed by atoms with Gasteiger partial charge < -0.3 is 10.2 Å². The summed E-state index contributed by atoms with van der Waals surface area (Å²) in [5.41, 5.74) is 2.72. The second kappa shape index (κ2) is 4.88. The van der Waals surface area contributed by atoms with Crippen molar-refractivity contribution in [3.63, 3.8) is 0 Å². The van der Waals surface area contributed by atoms with Crippen LogP contribution in [0.15, 0.2) is 24.3 Å². The Hall–Kier alpha value is -1.02. The molecule has 2 atom stereocenters. The van der Waals surface area contributed by atoms with E-state index in [0.717, 1.165) is 12.5 Å². The van der Waals surface area contributed by atoms with Crippen LogP contribution in [0.5, 0.6) is 0 Å². The Balaban J connectivity index is 2.11. The summed E-state index contributed by atoms with van der Waals surface area (Å²) in [6, 6.07) is 9.41. The topological polar surface area (TPSA) is 15.3 Å². The lowest BCUT2D eigenvalue weighted by molar-refractivity contribution is 0.333. The van der Waals surface area contributed by atoms with Crippen LogP contribution in [0.3, 0.4) is 0 Å². The van der Waals surface area contributed by atoms with Crippen LogP contribution in [0.1, 0.15) is 31.4 Å². The van der Waals surface area contributed by atoms with Crippen LogP contribution < -0.4 is 10.2 Å². The van der Waals surface area contributed by atoms with Gasteiger partial charge in [-0.2, -0.15) is 0 Å². The van der Waals surface area contributed by atoms with Crippen molar-refractivity contribution in [2.24, 2.45) is 5.92 Å². The van der Waals surface area contributed by atoms with E-state index in [1.165, 1.54) is 24.1 Å². The molecule has 0 radical (unpaired) electrons.